The van der Waals surface area contributed by atoms with Gasteiger partial charge in [-0.1, -0.05) is 30.3 Å². The van der Waals surface area contributed by atoms with Crippen LogP contribution in [0.1, 0.15) is 34.2 Å². The molecule has 0 amide bonds. The first kappa shape index (κ1) is 24.9. The van der Waals surface area contributed by atoms with Gasteiger partial charge in [0.15, 0.2) is 0 Å². The fraction of sp³-hybridized carbons (Fsp3) is 0.419. The summed E-state index contributed by atoms with van der Waals surface area (Å²) in [6.07, 6.45) is 1.71. The highest BCUT2D eigenvalue weighted by Gasteiger charge is 2.30. The van der Waals surface area contributed by atoms with Gasteiger partial charge in [-0.25, -0.2) is 4.98 Å². The minimum absolute atomic E-state index is 0.339. The van der Waals surface area contributed by atoms with Crippen LogP contribution in [0.15, 0.2) is 48.5 Å². The Morgan fingerprint density at radius 3 is 2.71 bits per heavy atom. The van der Waals surface area contributed by atoms with E-state index in [0.717, 1.165) is 61.1 Å². The maximum absolute atomic E-state index is 11.4. The zero-order valence-corrected chi connectivity index (χ0v) is 22.2. The number of hydrogen-bond donors (Lipinski definition) is 1. The van der Waals surface area contributed by atoms with Crippen molar-refractivity contribution in [2.75, 3.05) is 37.7 Å². The van der Waals surface area contributed by atoms with E-state index in [1.165, 1.54) is 22.3 Å². The molecule has 2 aromatic carbocycles. The van der Waals surface area contributed by atoms with Crippen molar-refractivity contribution in [1.29, 1.82) is 0 Å². The van der Waals surface area contributed by atoms with Crippen LogP contribution in [0.3, 0.4) is 0 Å². The number of rotatable bonds is 7. The van der Waals surface area contributed by atoms with Crippen LogP contribution < -0.4 is 9.64 Å². The van der Waals surface area contributed by atoms with Gasteiger partial charge in [-0.2, -0.15) is 0 Å². The van der Waals surface area contributed by atoms with Gasteiger partial charge in [-0.15, -0.1) is 0 Å². The number of ether oxygens (including phenoxy) is 2. The number of para-hydroxylation sites is 1. The van der Waals surface area contributed by atoms with Crippen LogP contribution in [0.2, 0.25) is 0 Å². The Labute approximate surface area is 224 Å². The first-order valence-electron chi connectivity index (χ1n) is 13.6. The normalized spacial score (nSPS) is 19.7. The predicted molar refractivity (Wildman–Crippen MR) is 147 cm³/mol. The molecule has 0 radical (unpaired) electrons. The predicted octanol–water partition coefficient (Wildman–Crippen LogP) is 4.61. The summed E-state index contributed by atoms with van der Waals surface area (Å²) in [5.41, 5.74) is 8.26. The molecule has 4 heterocycles. The second kappa shape index (κ2) is 10.4. The highest BCUT2D eigenvalue weighted by Crippen LogP contribution is 2.35. The molecule has 1 aromatic heterocycles. The molecule has 3 aromatic rings. The zero-order valence-electron chi connectivity index (χ0n) is 22.2. The van der Waals surface area contributed by atoms with E-state index in [1.807, 2.05) is 24.3 Å². The number of carbonyl (C=O) groups is 1. The Bertz CT molecular complexity index is 1350. The Morgan fingerprint density at radius 2 is 1.95 bits per heavy atom. The van der Waals surface area contributed by atoms with Crippen LogP contribution in [0.5, 0.6) is 5.75 Å². The summed E-state index contributed by atoms with van der Waals surface area (Å²) in [5.74, 6) is 0.578. The Kier molecular flexibility index (Phi) is 6.80. The quantitative estimate of drug-likeness (QED) is 0.494. The minimum Gasteiger partial charge on any atom is -0.488 e. The van der Waals surface area contributed by atoms with Crippen molar-refractivity contribution >= 4 is 11.8 Å². The molecule has 3 aliphatic heterocycles. The molecule has 7 nitrogen and oxygen atoms in total. The van der Waals surface area contributed by atoms with E-state index in [9.17, 15) is 9.90 Å². The van der Waals surface area contributed by atoms with Crippen LogP contribution in [0, 0.1) is 19.8 Å². The molecule has 0 saturated carbocycles. The monoisotopic (exact) mass is 513 g/mol. The number of benzene rings is 2. The largest absolute Gasteiger partial charge is 0.488 e. The highest BCUT2D eigenvalue weighted by molar-refractivity contribution is 5.73. The molecule has 0 bridgehead atoms. The molecule has 2 saturated heterocycles. The van der Waals surface area contributed by atoms with E-state index in [4.69, 9.17) is 14.5 Å². The third-order valence-electron chi connectivity index (χ3n) is 8.26. The molecule has 3 aliphatic rings. The Hall–Kier alpha value is -3.42. The van der Waals surface area contributed by atoms with Crippen LogP contribution >= 0.6 is 0 Å². The number of pyridine rings is 1. The maximum atomic E-state index is 11.4. The van der Waals surface area contributed by atoms with E-state index in [2.05, 4.69) is 47.9 Å². The smallest absolute Gasteiger partial charge is 0.308 e. The number of nitrogens with zero attached hydrogens (tertiary/aromatic N) is 3. The van der Waals surface area contributed by atoms with Crippen molar-refractivity contribution in [2.24, 2.45) is 5.92 Å². The lowest BCUT2D eigenvalue weighted by molar-refractivity contribution is -0.140. The van der Waals surface area contributed by atoms with Gasteiger partial charge < -0.3 is 19.5 Å². The van der Waals surface area contributed by atoms with Crippen molar-refractivity contribution in [3.63, 3.8) is 0 Å². The third kappa shape index (κ3) is 4.88. The number of aliphatic carboxylic acids is 1. The van der Waals surface area contributed by atoms with Gasteiger partial charge in [0.25, 0.3) is 0 Å². The summed E-state index contributed by atoms with van der Waals surface area (Å²) >= 11 is 0. The molecular weight excluding hydrogens is 478 g/mol. The standard InChI is InChI=1S/C31H35N3O4/c1-20-5-3-6-26(28-7-4-8-29(32-28)34-12-10-24(15-34)31(35)36)30(20)38-17-22-13-21(2)27-16-33(25-18-37-19-25)11-9-23(27)14-22/h3-8,13-14,24-25H,9-12,15-19H2,1-2H3,(H,35,36). The van der Waals surface area contributed by atoms with E-state index in [1.54, 1.807) is 0 Å². The first-order chi connectivity index (χ1) is 18.5. The first-order valence-corrected chi connectivity index (χ1v) is 13.6. The number of anilines is 1. The Balaban J connectivity index is 1.21. The van der Waals surface area contributed by atoms with Crippen molar-refractivity contribution in [3.05, 3.63) is 76.3 Å². The van der Waals surface area contributed by atoms with Gasteiger partial charge in [0.05, 0.1) is 30.9 Å². The van der Waals surface area contributed by atoms with Crippen LogP contribution in [0.25, 0.3) is 11.3 Å². The lowest BCUT2D eigenvalue weighted by Crippen LogP contribution is -2.50. The Morgan fingerprint density at radius 1 is 1.11 bits per heavy atom. The topological polar surface area (TPSA) is 75.1 Å². The molecule has 2 fully saturated rings. The fourth-order valence-electron chi connectivity index (χ4n) is 5.92. The van der Waals surface area contributed by atoms with Gasteiger partial charge in [0.2, 0.25) is 0 Å². The summed E-state index contributed by atoms with van der Waals surface area (Å²) < 4.78 is 11.9. The summed E-state index contributed by atoms with van der Waals surface area (Å²) in [4.78, 5) is 21.0. The second-order valence-corrected chi connectivity index (χ2v) is 10.9. The second-order valence-electron chi connectivity index (χ2n) is 10.9. The molecule has 0 spiro atoms. The van der Waals surface area contributed by atoms with Crippen molar-refractivity contribution in [3.8, 4) is 17.0 Å². The fourth-order valence-corrected chi connectivity index (χ4v) is 5.92. The van der Waals surface area contributed by atoms with Gasteiger partial charge >= 0.3 is 5.97 Å². The lowest BCUT2D eigenvalue weighted by atomic mass is 9.92. The average molecular weight is 514 g/mol. The summed E-state index contributed by atoms with van der Waals surface area (Å²) in [5, 5.41) is 9.39. The number of carboxylic acid groups (broad SMARTS) is 1. The van der Waals surface area contributed by atoms with E-state index in [0.29, 0.717) is 32.2 Å². The van der Waals surface area contributed by atoms with Gasteiger partial charge in [0, 0.05) is 31.7 Å². The lowest BCUT2D eigenvalue weighted by Gasteiger charge is -2.40. The van der Waals surface area contributed by atoms with E-state index in [-0.39, 0.29) is 5.92 Å². The van der Waals surface area contributed by atoms with E-state index < -0.39 is 5.97 Å². The SMILES string of the molecule is Cc1cc(COc2c(C)cccc2-c2cccc(N3CCC(C(=O)O)C3)n2)cc2c1CN(C1COC1)CC2. The highest BCUT2D eigenvalue weighted by atomic mass is 16.5. The molecule has 38 heavy (non-hydrogen) atoms. The van der Waals surface area contributed by atoms with Gasteiger partial charge in [-0.05, 0) is 72.7 Å². The molecule has 1 unspecified atom stereocenters. The molecule has 1 atom stereocenters. The summed E-state index contributed by atoms with van der Waals surface area (Å²) in [6, 6.07) is 17.3. The van der Waals surface area contributed by atoms with Crippen LogP contribution in [-0.4, -0.2) is 59.8 Å². The molecule has 6 rings (SSSR count). The minimum atomic E-state index is -0.735. The van der Waals surface area contributed by atoms with Crippen molar-refractivity contribution in [2.45, 2.75) is 45.9 Å². The summed E-state index contributed by atoms with van der Waals surface area (Å²) in [6.45, 7) is 9.78. The van der Waals surface area contributed by atoms with Crippen LogP contribution in [-0.2, 0) is 29.1 Å². The maximum Gasteiger partial charge on any atom is 0.308 e. The summed E-state index contributed by atoms with van der Waals surface area (Å²) in [7, 11) is 0. The number of aryl methyl sites for hydroxylation is 2. The number of hydrogen-bond acceptors (Lipinski definition) is 6. The number of fused-ring (bicyclic) bond motifs is 1. The zero-order chi connectivity index (χ0) is 26.2. The van der Waals surface area contributed by atoms with Crippen molar-refractivity contribution in [1.82, 2.24) is 9.88 Å². The molecular formula is C31H35N3O4. The van der Waals surface area contributed by atoms with Gasteiger partial charge in [-0.3, -0.25) is 9.69 Å². The molecule has 0 aliphatic carbocycles. The number of aromatic nitrogens is 1. The van der Waals surface area contributed by atoms with Crippen molar-refractivity contribution < 1.29 is 19.4 Å². The number of carboxylic acids is 1. The third-order valence-corrected chi connectivity index (χ3v) is 8.26. The molecule has 1 N–H and O–H groups in total. The van der Waals surface area contributed by atoms with E-state index >= 15 is 0 Å². The van der Waals surface area contributed by atoms with Gasteiger partial charge in [0.1, 0.15) is 18.2 Å². The molecule has 198 valence electrons. The molecule has 7 heteroatoms. The average Bonchev–Trinajstić information content (AvgIpc) is 3.38. The van der Waals surface area contributed by atoms with Crippen LogP contribution in [0.4, 0.5) is 5.82 Å².